The van der Waals surface area contributed by atoms with Crippen LogP contribution in [0.5, 0.6) is 11.5 Å². The molecule has 3 rings (SSSR count). The summed E-state index contributed by atoms with van der Waals surface area (Å²) in [6.07, 6.45) is -1.56. The monoisotopic (exact) mass is 381 g/mol. The smallest absolute Gasteiger partial charge is 0.251 e. The van der Waals surface area contributed by atoms with Crippen molar-refractivity contribution < 1.29 is 18.3 Å². The summed E-state index contributed by atoms with van der Waals surface area (Å²) in [5, 5.41) is 0.680. The van der Waals surface area contributed by atoms with E-state index in [1.54, 1.807) is 26.4 Å². The Morgan fingerprint density at radius 3 is 2.52 bits per heavy atom. The molecule has 0 saturated carbocycles. The Morgan fingerprint density at radius 2 is 1.89 bits per heavy atom. The molecule has 1 aliphatic heterocycles. The lowest BCUT2D eigenvalue weighted by molar-refractivity contribution is 0.0585. The van der Waals surface area contributed by atoms with Crippen LogP contribution in [-0.2, 0) is 0 Å². The van der Waals surface area contributed by atoms with Gasteiger partial charge in [-0.25, -0.2) is 13.8 Å². The zero-order valence-corrected chi connectivity index (χ0v) is 15.8. The van der Waals surface area contributed by atoms with Crippen LogP contribution >= 0.6 is 0 Å². The molecule has 0 amide bonds. The average molecular weight is 381 g/mol. The largest absolute Gasteiger partial charge is 0.493 e. The number of alkyl halides is 2. The third-order valence-electron chi connectivity index (χ3n) is 4.95. The highest BCUT2D eigenvalue weighted by atomic mass is 19.3. The number of rotatable bonds is 6. The summed E-state index contributed by atoms with van der Waals surface area (Å²) in [6, 6.07) is 3.54. The molecule has 1 aromatic carbocycles. The van der Waals surface area contributed by atoms with Gasteiger partial charge in [0.15, 0.2) is 11.5 Å². The van der Waals surface area contributed by atoms with E-state index in [0.29, 0.717) is 53.8 Å². The molecule has 1 aliphatic rings. The Morgan fingerprint density at radius 1 is 1.19 bits per heavy atom. The van der Waals surface area contributed by atoms with Crippen molar-refractivity contribution in [1.29, 1.82) is 0 Å². The van der Waals surface area contributed by atoms with Crippen LogP contribution < -0.4 is 20.1 Å². The summed E-state index contributed by atoms with van der Waals surface area (Å²) < 4.78 is 36.2. The Balaban J connectivity index is 1.91. The van der Waals surface area contributed by atoms with Crippen molar-refractivity contribution in [2.24, 2.45) is 0 Å². The highest BCUT2D eigenvalue weighted by molar-refractivity contribution is 5.91. The molecule has 27 heavy (non-hydrogen) atoms. The molecule has 1 fully saturated rings. The van der Waals surface area contributed by atoms with Crippen molar-refractivity contribution in [2.45, 2.75) is 25.8 Å². The lowest BCUT2D eigenvalue weighted by atomic mass is 10.1. The second-order valence-electron chi connectivity index (χ2n) is 6.53. The first-order valence-electron chi connectivity index (χ1n) is 8.93. The topological polar surface area (TPSA) is 76.7 Å². The number of hydrogen-bond acceptors (Lipinski definition) is 7. The van der Waals surface area contributed by atoms with Gasteiger partial charge in [0, 0.05) is 37.1 Å². The van der Waals surface area contributed by atoms with Crippen molar-refractivity contribution >= 4 is 22.7 Å². The number of nitrogens with two attached hydrogens (primary N) is 1. The number of hydrogen-bond donors (Lipinski definition) is 1. The van der Waals surface area contributed by atoms with E-state index in [-0.39, 0.29) is 12.6 Å². The van der Waals surface area contributed by atoms with Crippen LogP contribution in [0.3, 0.4) is 0 Å². The Kier molecular flexibility index (Phi) is 5.79. The van der Waals surface area contributed by atoms with Gasteiger partial charge in [-0.15, -0.1) is 0 Å². The van der Waals surface area contributed by atoms with E-state index in [4.69, 9.17) is 15.2 Å². The van der Waals surface area contributed by atoms with Crippen molar-refractivity contribution in [1.82, 2.24) is 14.9 Å². The van der Waals surface area contributed by atoms with Gasteiger partial charge in [-0.2, -0.15) is 4.98 Å². The second kappa shape index (κ2) is 8.08. The second-order valence-corrected chi connectivity index (χ2v) is 6.53. The van der Waals surface area contributed by atoms with Crippen LogP contribution in [0.1, 0.15) is 13.3 Å². The van der Waals surface area contributed by atoms with Crippen molar-refractivity contribution in [3.8, 4) is 11.5 Å². The van der Waals surface area contributed by atoms with E-state index in [1.165, 1.54) is 0 Å². The third-order valence-corrected chi connectivity index (χ3v) is 4.95. The van der Waals surface area contributed by atoms with Crippen LogP contribution in [0.2, 0.25) is 0 Å². The minimum atomic E-state index is -2.33. The molecular weight excluding hydrogens is 356 g/mol. The summed E-state index contributed by atoms with van der Waals surface area (Å²) in [5.74, 6) is 1.96. The van der Waals surface area contributed by atoms with Gasteiger partial charge in [0.1, 0.15) is 5.82 Å². The van der Waals surface area contributed by atoms with Gasteiger partial charge in [-0.1, -0.05) is 6.92 Å². The number of fused-ring (bicyclic) bond motifs is 1. The van der Waals surface area contributed by atoms with E-state index in [9.17, 15) is 8.78 Å². The number of aromatic nitrogens is 2. The van der Waals surface area contributed by atoms with Gasteiger partial charge in [0.25, 0.3) is 6.43 Å². The summed E-state index contributed by atoms with van der Waals surface area (Å²) in [6.45, 7) is 3.49. The van der Waals surface area contributed by atoms with Crippen LogP contribution in [-0.4, -0.2) is 67.7 Å². The molecule has 148 valence electrons. The lowest BCUT2D eigenvalue weighted by Crippen LogP contribution is -2.54. The van der Waals surface area contributed by atoms with E-state index in [1.807, 2.05) is 16.7 Å². The Bertz CT molecular complexity index is 805. The maximum absolute atomic E-state index is 12.8. The molecule has 0 radical (unpaired) electrons. The van der Waals surface area contributed by atoms with Crippen LogP contribution in [0.25, 0.3) is 10.9 Å². The summed E-state index contributed by atoms with van der Waals surface area (Å²) in [7, 11) is 3.11. The maximum atomic E-state index is 12.8. The Labute approximate surface area is 157 Å². The van der Waals surface area contributed by atoms with Gasteiger partial charge >= 0.3 is 0 Å². The van der Waals surface area contributed by atoms with E-state index in [0.717, 1.165) is 6.42 Å². The standard InChI is InChI=1S/C18H25F2N5O2/c1-4-11-9-25(6-5-24(11)10-16(19)20)18-22-13-8-15(27-3)14(26-2)7-12(13)17(21)23-18/h7-8,11,16H,4-6,9-10H2,1-3H3,(H2,21,22,23). The first-order chi connectivity index (χ1) is 13.0. The van der Waals surface area contributed by atoms with Gasteiger partial charge < -0.3 is 20.1 Å². The SMILES string of the molecule is CCC1CN(c2nc(N)c3cc(OC)c(OC)cc3n2)CCN1CC(F)F. The average Bonchev–Trinajstić information content (AvgIpc) is 2.66. The fourth-order valence-corrected chi connectivity index (χ4v) is 3.49. The summed E-state index contributed by atoms with van der Waals surface area (Å²) >= 11 is 0. The zero-order chi connectivity index (χ0) is 19.6. The minimum absolute atomic E-state index is 0.0266. The molecule has 1 unspecified atom stereocenters. The van der Waals surface area contributed by atoms with Gasteiger partial charge in [-0.05, 0) is 12.5 Å². The number of ether oxygens (including phenoxy) is 2. The van der Waals surface area contributed by atoms with Crippen LogP contribution in [0.15, 0.2) is 12.1 Å². The lowest BCUT2D eigenvalue weighted by Gasteiger charge is -2.41. The van der Waals surface area contributed by atoms with Crippen molar-refractivity contribution in [2.75, 3.05) is 51.0 Å². The third kappa shape index (κ3) is 3.97. The highest BCUT2D eigenvalue weighted by Gasteiger charge is 2.29. The number of nitrogens with zero attached hydrogens (tertiary/aromatic N) is 4. The predicted octanol–water partition coefficient (Wildman–Crippen LogP) is 2.39. The van der Waals surface area contributed by atoms with Gasteiger partial charge in [0.2, 0.25) is 5.95 Å². The predicted molar refractivity (Wildman–Crippen MR) is 101 cm³/mol. The summed E-state index contributed by atoms with van der Waals surface area (Å²) in [5.41, 5.74) is 6.81. The number of piperazine rings is 1. The van der Waals surface area contributed by atoms with Crippen LogP contribution in [0.4, 0.5) is 20.5 Å². The minimum Gasteiger partial charge on any atom is -0.493 e. The van der Waals surface area contributed by atoms with Crippen molar-refractivity contribution in [3.63, 3.8) is 0 Å². The van der Waals surface area contributed by atoms with Gasteiger partial charge in [0.05, 0.1) is 26.3 Å². The van der Waals surface area contributed by atoms with Crippen molar-refractivity contribution in [3.05, 3.63) is 12.1 Å². The fourth-order valence-electron chi connectivity index (χ4n) is 3.49. The first-order valence-corrected chi connectivity index (χ1v) is 8.93. The molecule has 7 nitrogen and oxygen atoms in total. The molecule has 2 heterocycles. The zero-order valence-electron chi connectivity index (χ0n) is 15.8. The molecular formula is C18H25F2N5O2. The first kappa shape index (κ1) is 19.3. The maximum Gasteiger partial charge on any atom is 0.251 e. The number of nitrogen functional groups attached to an aromatic ring is 1. The van der Waals surface area contributed by atoms with E-state index < -0.39 is 6.43 Å². The molecule has 0 bridgehead atoms. The fraction of sp³-hybridized carbons (Fsp3) is 0.556. The number of methoxy groups -OCH3 is 2. The quantitative estimate of drug-likeness (QED) is 0.823. The molecule has 9 heteroatoms. The molecule has 2 aromatic rings. The Hall–Kier alpha value is -2.42. The molecule has 1 saturated heterocycles. The molecule has 2 N–H and O–H groups in total. The van der Waals surface area contributed by atoms with Crippen LogP contribution in [0, 0.1) is 0 Å². The highest BCUT2D eigenvalue weighted by Crippen LogP contribution is 2.34. The summed E-state index contributed by atoms with van der Waals surface area (Å²) in [4.78, 5) is 12.9. The number of halogens is 2. The normalized spacial score (nSPS) is 18.3. The molecule has 0 aliphatic carbocycles. The number of benzene rings is 1. The van der Waals surface area contributed by atoms with E-state index in [2.05, 4.69) is 9.97 Å². The molecule has 1 atom stereocenters. The van der Waals surface area contributed by atoms with E-state index >= 15 is 0 Å². The number of anilines is 2. The molecule has 1 aromatic heterocycles. The molecule has 0 spiro atoms. The van der Waals surface area contributed by atoms with Gasteiger partial charge in [-0.3, -0.25) is 4.90 Å².